The topological polar surface area (TPSA) is 73.9 Å². The molecule has 0 atom stereocenters. The van der Waals surface area contributed by atoms with Gasteiger partial charge in [-0.2, -0.15) is 0 Å². The number of halogens is 1. The number of carbonyl (C=O) groups excluding carboxylic acids is 2. The second kappa shape index (κ2) is 9.41. The van der Waals surface area contributed by atoms with Crippen LogP contribution in [0.4, 0.5) is 9.39 Å². The molecule has 1 amide bonds. The van der Waals surface area contributed by atoms with Crippen LogP contribution in [0.5, 0.6) is 11.5 Å². The molecular weight excluding hydrogens is 409 g/mol. The van der Waals surface area contributed by atoms with Crippen molar-refractivity contribution in [3.05, 3.63) is 64.8 Å². The molecule has 30 heavy (non-hydrogen) atoms. The van der Waals surface area contributed by atoms with Crippen molar-refractivity contribution in [1.82, 2.24) is 0 Å². The summed E-state index contributed by atoms with van der Waals surface area (Å²) in [5.74, 6) is -0.465. The van der Waals surface area contributed by atoms with E-state index in [2.05, 4.69) is 5.32 Å². The first-order chi connectivity index (χ1) is 14.5. The van der Waals surface area contributed by atoms with E-state index in [1.165, 1.54) is 37.7 Å². The zero-order chi connectivity index (χ0) is 21.7. The zero-order valence-electron chi connectivity index (χ0n) is 16.7. The maximum atomic E-state index is 13.3. The monoisotopic (exact) mass is 429 g/mol. The summed E-state index contributed by atoms with van der Waals surface area (Å²) in [6.45, 7) is 1.88. The summed E-state index contributed by atoms with van der Waals surface area (Å²) in [7, 11) is 2.98. The van der Waals surface area contributed by atoms with Crippen molar-refractivity contribution in [3.8, 4) is 22.6 Å². The molecular formula is C22H20FNO5S. The lowest BCUT2D eigenvalue weighted by Gasteiger charge is -2.11. The summed E-state index contributed by atoms with van der Waals surface area (Å²) < 4.78 is 28.9. The summed E-state index contributed by atoms with van der Waals surface area (Å²) in [4.78, 5) is 25.4. The number of esters is 1. The van der Waals surface area contributed by atoms with E-state index in [1.54, 1.807) is 42.6 Å². The van der Waals surface area contributed by atoms with Crippen molar-refractivity contribution in [1.29, 1.82) is 0 Å². The third kappa shape index (κ3) is 4.44. The fourth-order valence-corrected chi connectivity index (χ4v) is 3.80. The van der Waals surface area contributed by atoms with E-state index >= 15 is 0 Å². The molecule has 1 N–H and O–H groups in total. The Labute approximate surface area is 177 Å². The highest BCUT2D eigenvalue weighted by Gasteiger charge is 2.23. The molecule has 3 aromatic rings. The Morgan fingerprint density at radius 1 is 1.03 bits per heavy atom. The van der Waals surface area contributed by atoms with Crippen LogP contribution in [0.15, 0.2) is 47.8 Å². The number of amides is 1. The fraction of sp³-hybridized carbons (Fsp3) is 0.182. The Balaban J connectivity index is 1.96. The average Bonchev–Trinajstić information content (AvgIpc) is 3.17. The Hall–Kier alpha value is -3.39. The van der Waals surface area contributed by atoms with Gasteiger partial charge in [0, 0.05) is 16.5 Å². The summed E-state index contributed by atoms with van der Waals surface area (Å²) >= 11 is 1.19. The lowest BCUT2D eigenvalue weighted by Crippen LogP contribution is -2.15. The Bertz CT molecular complexity index is 1060. The standard InChI is InChI=1S/C22H20FNO5S/c1-4-29-22(26)19-16(13-5-8-15(23)9-6-13)12-30-21(19)24-20(25)14-7-10-17(27-2)18(11-14)28-3/h5-12H,4H2,1-3H3,(H,24,25). The SMILES string of the molecule is CCOC(=O)c1c(-c2ccc(F)cc2)csc1NC(=O)c1ccc(OC)c(OC)c1. The van der Waals surface area contributed by atoms with Gasteiger partial charge >= 0.3 is 5.97 Å². The predicted octanol–water partition coefficient (Wildman–Crippen LogP) is 5.00. The normalized spacial score (nSPS) is 10.4. The van der Waals surface area contributed by atoms with Crippen molar-refractivity contribution in [2.45, 2.75) is 6.92 Å². The summed E-state index contributed by atoms with van der Waals surface area (Å²) in [5.41, 5.74) is 1.75. The van der Waals surface area contributed by atoms with E-state index in [0.29, 0.717) is 33.2 Å². The van der Waals surface area contributed by atoms with Crippen LogP contribution >= 0.6 is 11.3 Å². The minimum absolute atomic E-state index is 0.181. The molecule has 0 fully saturated rings. The summed E-state index contributed by atoms with van der Waals surface area (Å²) in [5, 5.41) is 4.83. The van der Waals surface area contributed by atoms with Gasteiger partial charge in [-0.15, -0.1) is 11.3 Å². The molecule has 0 aliphatic carbocycles. The highest BCUT2D eigenvalue weighted by atomic mass is 32.1. The molecule has 0 radical (unpaired) electrons. The van der Waals surface area contributed by atoms with E-state index < -0.39 is 11.9 Å². The lowest BCUT2D eigenvalue weighted by atomic mass is 10.0. The van der Waals surface area contributed by atoms with Crippen LogP contribution in [0.25, 0.3) is 11.1 Å². The van der Waals surface area contributed by atoms with E-state index in [-0.39, 0.29) is 18.0 Å². The quantitative estimate of drug-likeness (QED) is 0.535. The smallest absolute Gasteiger partial charge is 0.341 e. The number of nitrogens with one attached hydrogen (secondary N) is 1. The number of benzene rings is 2. The van der Waals surface area contributed by atoms with E-state index in [0.717, 1.165) is 0 Å². The van der Waals surface area contributed by atoms with Crippen molar-refractivity contribution in [2.75, 3.05) is 26.1 Å². The van der Waals surface area contributed by atoms with Gasteiger partial charge < -0.3 is 19.5 Å². The molecule has 1 aromatic heterocycles. The van der Waals surface area contributed by atoms with E-state index in [1.807, 2.05) is 0 Å². The largest absolute Gasteiger partial charge is 0.493 e. The van der Waals surface area contributed by atoms with Crippen molar-refractivity contribution < 1.29 is 28.2 Å². The van der Waals surface area contributed by atoms with Gasteiger partial charge in [0.15, 0.2) is 11.5 Å². The molecule has 0 saturated heterocycles. The third-order valence-electron chi connectivity index (χ3n) is 4.30. The first kappa shape index (κ1) is 21.3. The van der Waals surface area contributed by atoms with Gasteiger partial charge in [-0.1, -0.05) is 12.1 Å². The minimum Gasteiger partial charge on any atom is -0.493 e. The molecule has 0 bridgehead atoms. The highest BCUT2D eigenvalue weighted by Crippen LogP contribution is 2.37. The van der Waals surface area contributed by atoms with Crippen molar-refractivity contribution in [3.63, 3.8) is 0 Å². The van der Waals surface area contributed by atoms with E-state index in [4.69, 9.17) is 14.2 Å². The Morgan fingerprint density at radius 3 is 2.37 bits per heavy atom. The number of methoxy groups -OCH3 is 2. The number of thiophene rings is 1. The molecule has 0 saturated carbocycles. The number of anilines is 1. The number of hydrogen-bond acceptors (Lipinski definition) is 6. The zero-order valence-corrected chi connectivity index (χ0v) is 17.5. The Kier molecular flexibility index (Phi) is 6.68. The maximum Gasteiger partial charge on any atom is 0.341 e. The van der Waals surface area contributed by atoms with Gasteiger partial charge in [0.2, 0.25) is 0 Å². The van der Waals surface area contributed by atoms with Crippen LogP contribution in [0, 0.1) is 5.82 Å². The molecule has 0 spiro atoms. The van der Waals surface area contributed by atoms with Crippen LogP contribution in [0.1, 0.15) is 27.6 Å². The molecule has 8 heteroatoms. The lowest BCUT2D eigenvalue weighted by molar-refractivity contribution is 0.0529. The average molecular weight is 429 g/mol. The van der Waals surface area contributed by atoms with Crippen LogP contribution in [0.3, 0.4) is 0 Å². The predicted molar refractivity (Wildman–Crippen MR) is 113 cm³/mol. The molecule has 1 heterocycles. The maximum absolute atomic E-state index is 13.3. The third-order valence-corrected chi connectivity index (χ3v) is 5.19. The molecule has 0 unspecified atom stereocenters. The van der Waals surface area contributed by atoms with Crippen molar-refractivity contribution >= 4 is 28.2 Å². The first-order valence-electron chi connectivity index (χ1n) is 9.06. The van der Waals surface area contributed by atoms with Gasteiger partial charge in [0.25, 0.3) is 5.91 Å². The molecule has 0 aliphatic heterocycles. The van der Waals surface area contributed by atoms with Crippen LogP contribution in [-0.4, -0.2) is 32.7 Å². The first-order valence-corrected chi connectivity index (χ1v) is 9.94. The number of carbonyl (C=O) groups is 2. The van der Waals surface area contributed by atoms with Gasteiger partial charge in [-0.25, -0.2) is 9.18 Å². The van der Waals surface area contributed by atoms with Crippen LogP contribution < -0.4 is 14.8 Å². The van der Waals surface area contributed by atoms with Crippen LogP contribution in [0.2, 0.25) is 0 Å². The summed E-state index contributed by atoms with van der Waals surface area (Å²) in [6.07, 6.45) is 0. The molecule has 2 aromatic carbocycles. The van der Waals surface area contributed by atoms with Crippen molar-refractivity contribution in [2.24, 2.45) is 0 Å². The number of ether oxygens (including phenoxy) is 3. The second-order valence-corrected chi connectivity index (χ2v) is 6.98. The number of hydrogen-bond donors (Lipinski definition) is 1. The number of rotatable bonds is 7. The molecule has 0 aliphatic rings. The van der Waals surface area contributed by atoms with Gasteiger partial charge in [0.05, 0.1) is 20.8 Å². The fourth-order valence-electron chi connectivity index (χ4n) is 2.85. The molecule has 156 valence electrons. The minimum atomic E-state index is -0.569. The second-order valence-electron chi connectivity index (χ2n) is 6.10. The molecule has 3 rings (SSSR count). The summed E-state index contributed by atoms with van der Waals surface area (Å²) in [6, 6.07) is 10.5. The van der Waals surface area contributed by atoms with Gasteiger partial charge in [-0.05, 0) is 42.8 Å². The van der Waals surface area contributed by atoms with E-state index in [9.17, 15) is 14.0 Å². The highest BCUT2D eigenvalue weighted by molar-refractivity contribution is 7.15. The molecule has 6 nitrogen and oxygen atoms in total. The van der Waals surface area contributed by atoms with Gasteiger partial charge in [-0.3, -0.25) is 4.79 Å². The van der Waals surface area contributed by atoms with Gasteiger partial charge in [0.1, 0.15) is 16.4 Å². The van der Waals surface area contributed by atoms with Crippen LogP contribution in [-0.2, 0) is 4.74 Å². The Morgan fingerprint density at radius 2 is 1.73 bits per heavy atom.